The van der Waals surface area contributed by atoms with Crippen molar-refractivity contribution in [1.29, 1.82) is 0 Å². The Morgan fingerprint density at radius 1 is 1.62 bits per heavy atom. The molecule has 4 heteroatoms. The average molecular weight is 243 g/mol. The van der Waals surface area contributed by atoms with E-state index in [1.165, 1.54) is 0 Å². The Hall–Kier alpha value is -0.610. The second-order valence-electron chi connectivity index (χ2n) is 3.22. The molecule has 1 unspecified atom stereocenters. The SMILES string of the molecule is OC1CCN(c2cc(Br)ccn2)C1. The number of hydrogen-bond acceptors (Lipinski definition) is 3. The number of pyridine rings is 1. The Bertz CT molecular complexity index is 305. The Kier molecular flexibility index (Phi) is 2.51. The van der Waals surface area contributed by atoms with Crippen molar-refractivity contribution < 1.29 is 5.11 Å². The van der Waals surface area contributed by atoms with Crippen molar-refractivity contribution in [1.82, 2.24) is 4.98 Å². The van der Waals surface area contributed by atoms with Gasteiger partial charge in [-0.1, -0.05) is 15.9 Å². The Morgan fingerprint density at radius 2 is 2.46 bits per heavy atom. The molecule has 13 heavy (non-hydrogen) atoms. The average Bonchev–Trinajstić information content (AvgIpc) is 2.52. The molecule has 1 saturated heterocycles. The Labute approximate surface area is 85.5 Å². The first-order valence-electron chi connectivity index (χ1n) is 4.30. The highest BCUT2D eigenvalue weighted by Crippen LogP contribution is 2.20. The van der Waals surface area contributed by atoms with Crippen molar-refractivity contribution in [3.63, 3.8) is 0 Å². The van der Waals surface area contributed by atoms with Crippen LogP contribution < -0.4 is 4.90 Å². The number of anilines is 1. The molecule has 1 aliphatic rings. The van der Waals surface area contributed by atoms with E-state index in [-0.39, 0.29) is 6.10 Å². The van der Waals surface area contributed by atoms with Gasteiger partial charge in [0.05, 0.1) is 6.10 Å². The largest absolute Gasteiger partial charge is 0.391 e. The van der Waals surface area contributed by atoms with Crippen LogP contribution in [0.4, 0.5) is 5.82 Å². The molecule has 0 aromatic carbocycles. The highest BCUT2D eigenvalue weighted by atomic mass is 79.9. The van der Waals surface area contributed by atoms with Crippen LogP contribution in [0.2, 0.25) is 0 Å². The van der Waals surface area contributed by atoms with Gasteiger partial charge in [-0.2, -0.15) is 0 Å². The fraction of sp³-hybridized carbons (Fsp3) is 0.444. The molecule has 1 atom stereocenters. The van der Waals surface area contributed by atoms with Crippen LogP contribution in [0.15, 0.2) is 22.8 Å². The molecular weight excluding hydrogens is 232 g/mol. The normalized spacial score (nSPS) is 22.3. The van der Waals surface area contributed by atoms with E-state index in [9.17, 15) is 5.11 Å². The van der Waals surface area contributed by atoms with Crippen molar-refractivity contribution in [3.05, 3.63) is 22.8 Å². The standard InChI is InChI=1S/C9H11BrN2O/c10-7-1-3-11-9(5-7)12-4-2-8(13)6-12/h1,3,5,8,13H,2,4,6H2. The second kappa shape index (κ2) is 3.64. The van der Waals surface area contributed by atoms with Gasteiger partial charge in [0.15, 0.2) is 0 Å². The lowest BCUT2D eigenvalue weighted by atomic mass is 10.3. The van der Waals surface area contributed by atoms with E-state index in [0.29, 0.717) is 6.54 Å². The van der Waals surface area contributed by atoms with E-state index in [1.807, 2.05) is 12.1 Å². The minimum Gasteiger partial charge on any atom is -0.391 e. The first-order chi connectivity index (χ1) is 6.25. The molecular formula is C9H11BrN2O. The monoisotopic (exact) mass is 242 g/mol. The van der Waals surface area contributed by atoms with Crippen LogP contribution in [0, 0.1) is 0 Å². The number of aliphatic hydroxyl groups excluding tert-OH is 1. The Morgan fingerprint density at radius 3 is 3.08 bits per heavy atom. The van der Waals surface area contributed by atoms with Gasteiger partial charge in [-0.25, -0.2) is 4.98 Å². The van der Waals surface area contributed by atoms with Gasteiger partial charge in [0.2, 0.25) is 0 Å². The molecule has 0 aliphatic carbocycles. The molecule has 0 radical (unpaired) electrons. The molecule has 1 N–H and O–H groups in total. The zero-order valence-electron chi connectivity index (χ0n) is 7.15. The predicted molar refractivity (Wildman–Crippen MR) is 54.8 cm³/mol. The third-order valence-corrected chi connectivity index (χ3v) is 2.69. The number of β-amino-alcohol motifs (C(OH)–C–C–N with tert-alkyl or cyclic N) is 1. The second-order valence-corrected chi connectivity index (χ2v) is 4.14. The summed E-state index contributed by atoms with van der Waals surface area (Å²) in [7, 11) is 0. The predicted octanol–water partition coefficient (Wildman–Crippen LogP) is 1.42. The number of aromatic nitrogens is 1. The van der Waals surface area contributed by atoms with Crippen LogP contribution in [0.3, 0.4) is 0 Å². The van der Waals surface area contributed by atoms with Gasteiger partial charge in [0, 0.05) is 23.8 Å². The summed E-state index contributed by atoms with van der Waals surface area (Å²) < 4.78 is 1.03. The van der Waals surface area contributed by atoms with Gasteiger partial charge in [-0.3, -0.25) is 0 Å². The van der Waals surface area contributed by atoms with Crippen molar-refractivity contribution in [3.8, 4) is 0 Å². The molecule has 2 heterocycles. The number of halogens is 1. The summed E-state index contributed by atoms with van der Waals surface area (Å²) in [5.41, 5.74) is 0. The fourth-order valence-corrected chi connectivity index (χ4v) is 1.84. The fourth-order valence-electron chi connectivity index (χ4n) is 1.52. The lowest BCUT2D eigenvalue weighted by Crippen LogP contribution is -2.21. The van der Waals surface area contributed by atoms with Crippen molar-refractivity contribution in [2.75, 3.05) is 18.0 Å². The number of nitrogens with zero attached hydrogens (tertiary/aromatic N) is 2. The third kappa shape index (κ3) is 2.00. The van der Waals surface area contributed by atoms with E-state index >= 15 is 0 Å². The molecule has 1 aliphatic heterocycles. The quantitative estimate of drug-likeness (QED) is 0.810. The zero-order chi connectivity index (χ0) is 9.26. The van der Waals surface area contributed by atoms with Crippen molar-refractivity contribution in [2.45, 2.75) is 12.5 Å². The summed E-state index contributed by atoms with van der Waals surface area (Å²) >= 11 is 3.40. The van der Waals surface area contributed by atoms with E-state index < -0.39 is 0 Å². The van der Waals surface area contributed by atoms with Gasteiger partial charge in [-0.15, -0.1) is 0 Å². The van der Waals surface area contributed by atoms with E-state index in [4.69, 9.17) is 0 Å². The van der Waals surface area contributed by atoms with Crippen LogP contribution in [0.1, 0.15) is 6.42 Å². The molecule has 1 aromatic heterocycles. The maximum atomic E-state index is 9.35. The van der Waals surface area contributed by atoms with Gasteiger partial charge in [0.25, 0.3) is 0 Å². The van der Waals surface area contributed by atoms with Gasteiger partial charge in [0.1, 0.15) is 5.82 Å². The van der Waals surface area contributed by atoms with Crippen LogP contribution >= 0.6 is 15.9 Å². The lowest BCUT2D eigenvalue weighted by molar-refractivity contribution is 0.198. The summed E-state index contributed by atoms with van der Waals surface area (Å²) in [5.74, 6) is 0.936. The topological polar surface area (TPSA) is 36.4 Å². The van der Waals surface area contributed by atoms with E-state index in [1.54, 1.807) is 6.20 Å². The molecule has 70 valence electrons. The summed E-state index contributed by atoms with van der Waals surface area (Å²) in [4.78, 5) is 6.33. The van der Waals surface area contributed by atoms with Crippen LogP contribution in [-0.4, -0.2) is 29.3 Å². The minimum absolute atomic E-state index is 0.194. The van der Waals surface area contributed by atoms with Crippen molar-refractivity contribution in [2.24, 2.45) is 0 Å². The molecule has 2 rings (SSSR count). The first kappa shape index (κ1) is 8.97. The third-order valence-electron chi connectivity index (χ3n) is 2.19. The molecule has 1 aromatic rings. The molecule has 0 bridgehead atoms. The number of aliphatic hydroxyl groups is 1. The maximum absolute atomic E-state index is 9.35. The van der Waals surface area contributed by atoms with E-state index in [0.717, 1.165) is 23.3 Å². The maximum Gasteiger partial charge on any atom is 0.129 e. The van der Waals surface area contributed by atoms with Gasteiger partial charge >= 0.3 is 0 Å². The first-order valence-corrected chi connectivity index (χ1v) is 5.09. The van der Waals surface area contributed by atoms with Crippen LogP contribution in [0.25, 0.3) is 0 Å². The highest BCUT2D eigenvalue weighted by Gasteiger charge is 2.20. The lowest BCUT2D eigenvalue weighted by Gasteiger charge is -2.16. The smallest absolute Gasteiger partial charge is 0.129 e. The summed E-state index contributed by atoms with van der Waals surface area (Å²) in [6.45, 7) is 1.59. The minimum atomic E-state index is -0.194. The summed E-state index contributed by atoms with van der Waals surface area (Å²) in [5, 5.41) is 9.35. The molecule has 1 fully saturated rings. The molecule has 0 amide bonds. The zero-order valence-corrected chi connectivity index (χ0v) is 8.74. The summed E-state index contributed by atoms with van der Waals surface area (Å²) in [6, 6.07) is 3.87. The summed E-state index contributed by atoms with van der Waals surface area (Å²) in [6.07, 6.45) is 2.42. The Balaban J connectivity index is 2.16. The van der Waals surface area contributed by atoms with Gasteiger partial charge < -0.3 is 10.0 Å². The van der Waals surface area contributed by atoms with Gasteiger partial charge in [-0.05, 0) is 18.6 Å². The highest BCUT2D eigenvalue weighted by molar-refractivity contribution is 9.10. The number of rotatable bonds is 1. The van der Waals surface area contributed by atoms with Crippen LogP contribution in [0.5, 0.6) is 0 Å². The number of hydrogen-bond donors (Lipinski definition) is 1. The van der Waals surface area contributed by atoms with Crippen molar-refractivity contribution >= 4 is 21.7 Å². The van der Waals surface area contributed by atoms with E-state index in [2.05, 4.69) is 25.8 Å². The molecule has 0 saturated carbocycles. The van der Waals surface area contributed by atoms with Crippen LogP contribution in [-0.2, 0) is 0 Å². The molecule has 3 nitrogen and oxygen atoms in total. The molecule has 0 spiro atoms.